The van der Waals surface area contributed by atoms with E-state index >= 15 is 0 Å². The molecule has 1 saturated carbocycles. The summed E-state index contributed by atoms with van der Waals surface area (Å²) < 4.78 is 25.9. The molecule has 1 atom stereocenters. The van der Waals surface area contributed by atoms with Gasteiger partial charge in [0.1, 0.15) is 0 Å². The number of hydrogen-bond donors (Lipinski definition) is 0. The van der Waals surface area contributed by atoms with Crippen LogP contribution in [0.2, 0.25) is 5.02 Å². The lowest BCUT2D eigenvalue weighted by Crippen LogP contribution is -2.43. The second-order valence-electron chi connectivity index (χ2n) is 8.56. The highest BCUT2D eigenvalue weighted by Gasteiger charge is 2.42. The van der Waals surface area contributed by atoms with Gasteiger partial charge in [-0.3, -0.25) is 4.79 Å². The summed E-state index contributed by atoms with van der Waals surface area (Å²) in [5.41, 5.74) is 3.33. The van der Waals surface area contributed by atoms with Crippen molar-refractivity contribution in [1.82, 2.24) is 14.7 Å². The molecule has 2 heterocycles. The normalized spacial score (nSPS) is 19.7. The first-order valence-electron chi connectivity index (χ1n) is 10.8. The topological polar surface area (TPSA) is 72.3 Å². The number of carbonyl (C=O) groups is 1. The van der Waals surface area contributed by atoms with Crippen LogP contribution in [0.5, 0.6) is 0 Å². The lowest BCUT2D eigenvalue weighted by Gasteiger charge is -2.28. The summed E-state index contributed by atoms with van der Waals surface area (Å²) in [5.74, 6) is 0.205. The van der Waals surface area contributed by atoms with Crippen molar-refractivity contribution in [2.75, 3.05) is 11.5 Å². The molecule has 1 unspecified atom stereocenters. The molecule has 3 aromatic rings. The van der Waals surface area contributed by atoms with Gasteiger partial charge in [-0.15, -0.1) is 0 Å². The average molecular weight is 470 g/mol. The Labute approximate surface area is 192 Å². The minimum atomic E-state index is -3.06. The number of sulfone groups is 1. The van der Waals surface area contributed by atoms with E-state index in [2.05, 4.69) is 0 Å². The average Bonchev–Trinajstić information content (AvgIpc) is 3.41. The van der Waals surface area contributed by atoms with Gasteiger partial charge in [0.25, 0.3) is 0 Å². The lowest BCUT2D eigenvalue weighted by atomic mass is 10.0. The summed E-state index contributed by atoms with van der Waals surface area (Å²) in [6, 6.07) is 17.1. The summed E-state index contributed by atoms with van der Waals surface area (Å²) in [4.78, 5) is 15.3. The largest absolute Gasteiger partial charge is 0.335 e. The van der Waals surface area contributed by atoms with E-state index in [1.807, 2.05) is 65.7 Å². The summed E-state index contributed by atoms with van der Waals surface area (Å²) in [6.45, 7) is 0. The summed E-state index contributed by atoms with van der Waals surface area (Å²) in [6.07, 6.45) is 4.48. The Morgan fingerprint density at radius 1 is 1.03 bits per heavy atom. The number of para-hydroxylation sites is 1. The highest BCUT2D eigenvalue weighted by molar-refractivity contribution is 7.91. The second-order valence-corrected chi connectivity index (χ2v) is 11.2. The minimum Gasteiger partial charge on any atom is -0.335 e. The Bertz CT molecular complexity index is 1240. The van der Waals surface area contributed by atoms with Gasteiger partial charge in [0, 0.05) is 34.4 Å². The lowest BCUT2D eigenvalue weighted by molar-refractivity contribution is -0.133. The molecule has 6 nitrogen and oxygen atoms in total. The molecule has 1 aliphatic heterocycles. The molecule has 0 N–H and O–H groups in total. The van der Waals surface area contributed by atoms with Crippen molar-refractivity contribution in [2.45, 2.75) is 37.8 Å². The Morgan fingerprint density at radius 2 is 1.75 bits per heavy atom. The van der Waals surface area contributed by atoms with Gasteiger partial charge in [-0.05, 0) is 43.5 Å². The highest BCUT2D eigenvalue weighted by atomic mass is 35.5. The van der Waals surface area contributed by atoms with Crippen LogP contribution in [0.1, 0.15) is 24.8 Å². The van der Waals surface area contributed by atoms with Crippen LogP contribution in [-0.4, -0.2) is 52.6 Å². The SMILES string of the molecule is O=C(Cc1cn(-c2ccccc2)nc1-c1ccc(Cl)cc1)N(C1CC1)C1CCS(=O)(=O)C1. The molecular formula is C24H24ClN3O3S. The molecule has 32 heavy (non-hydrogen) atoms. The number of aromatic nitrogens is 2. The van der Waals surface area contributed by atoms with E-state index in [1.54, 1.807) is 4.68 Å². The van der Waals surface area contributed by atoms with Crippen molar-refractivity contribution in [2.24, 2.45) is 0 Å². The van der Waals surface area contributed by atoms with Crippen LogP contribution >= 0.6 is 11.6 Å². The molecule has 8 heteroatoms. The molecule has 0 spiro atoms. The Balaban J connectivity index is 1.48. The van der Waals surface area contributed by atoms with E-state index < -0.39 is 9.84 Å². The first kappa shape index (κ1) is 21.2. The molecule has 0 bridgehead atoms. The fourth-order valence-electron chi connectivity index (χ4n) is 4.41. The van der Waals surface area contributed by atoms with Crippen LogP contribution in [-0.2, 0) is 21.1 Å². The third-order valence-electron chi connectivity index (χ3n) is 6.10. The quantitative estimate of drug-likeness (QED) is 0.548. The van der Waals surface area contributed by atoms with Gasteiger partial charge in [-0.25, -0.2) is 13.1 Å². The maximum Gasteiger partial charge on any atom is 0.227 e. The predicted octanol–water partition coefficient (Wildman–Crippen LogP) is 3.91. The first-order valence-corrected chi connectivity index (χ1v) is 13.0. The molecule has 5 rings (SSSR count). The Hall–Kier alpha value is -2.64. The van der Waals surface area contributed by atoms with Crippen molar-refractivity contribution >= 4 is 27.3 Å². The molecule has 2 fully saturated rings. The number of nitrogens with zero attached hydrogens (tertiary/aromatic N) is 3. The number of rotatable bonds is 6. The van der Waals surface area contributed by atoms with Gasteiger partial charge in [-0.2, -0.15) is 5.10 Å². The molecular weight excluding hydrogens is 446 g/mol. The molecule has 1 aliphatic carbocycles. The fourth-order valence-corrected chi connectivity index (χ4v) is 6.25. The first-order chi connectivity index (χ1) is 15.4. The van der Waals surface area contributed by atoms with Gasteiger partial charge in [0.05, 0.1) is 29.3 Å². The molecule has 1 aromatic heterocycles. The van der Waals surface area contributed by atoms with E-state index in [9.17, 15) is 13.2 Å². The van der Waals surface area contributed by atoms with Gasteiger partial charge in [0.2, 0.25) is 5.91 Å². The van der Waals surface area contributed by atoms with Crippen LogP contribution in [0.25, 0.3) is 16.9 Å². The summed E-state index contributed by atoms with van der Waals surface area (Å²) in [7, 11) is -3.06. The smallest absolute Gasteiger partial charge is 0.227 e. The van der Waals surface area contributed by atoms with Crippen LogP contribution in [0.4, 0.5) is 0 Å². The van der Waals surface area contributed by atoms with Gasteiger partial charge in [-0.1, -0.05) is 41.9 Å². The highest BCUT2D eigenvalue weighted by Crippen LogP contribution is 2.34. The molecule has 0 radical (unpaired) electrons. The van der Waals surface area contributed by atoms with E-state index in [0.29, 0.717) is 11.4 Å². The van der Waals surface area contributed by atoms with Gasteiger partial charge >= 0.3 is 0 Å². The number of carbonyl (C=O) groups excluding carboxylic acids is 1. The number of amides is 1. The molecule has 2 aliphatic rings. The molecule has 1 saturated heterocycles. The standard InChI is InChI=1S/C24H24ClN3O3S/c25-19-8-6-17(7-9-19)24-18(15-27(26-24)20-4-2-1-3-5-20)14-23(29)28(21-10-11-21)22-12-13-32(30,31)16-22/h1-9,15,21-22H,10-14,16H2. The van der Waals surface area contributed by atoms with Crippen molar-refractivity contribution in [3.8, 4) is 16.9 Å². The zero-order valence-corrected chi connectivity index (χ0v) is 19.1. The third-order valence-corrected chi connectivity index (χ3v) is 8.10. The van der Waals surface area contributed by atoms with E-state index in [-0.39, 0.29) is 35.9 Å². The molecule has 166 valence electrons. The summed E-state index contributed by atoms with van der Waals surface area (Å²) in [5, 5.41) is 5.42. The monoisotopic (exact) mass is 469 g/mol. The second kappa shape index (κ2) is 8.37. The van der Waals surface area contributed by atoms with Crippen LogP contribution in [0, 0.1) is 0 Å². The third kappa shape index (κ3) is 4.45. The van der Waals surface area contributed by atoms with Crippen LogP contribution < -0.4 is 0 Å². The van der Waals surface area contributed by atoms with Crippen LogP contribution in [0.15, 0.2) is 60.8 Å². The Kier molecular flexibility index (Phi) is 5.55. The van der Waals surface area contributed by atoms with Crippen LogP contribution in [0.3, 0.4) is 0 Å². The predicted molar refractivity (Wildman–Crippen MR) is 125 cm³/mol. The number of halogens is 1. The molecule has 2 aromatic carbocycles. The van der Waals surface area contributed by atoms with Gasteiger partial charge < -0.3 is 4.90 Å². The maximum atomic E-state index is 13.4. The van der Waals surface area contributed by atoms with E-state index in [1.165, 1.54) is 0 Å². The minimum absolute atomic E-state index is 0.0302. The van der Waals surface area contributed by atoms with Crippen molar-refractivity contribution in [3.63, 3.8) is 0 Å². The zero-order valence-electron chi connectivity index (χ0n) is 17.5. The fraction of sp³-hybridized carbons (Fsp3) is 0.333. The number of hydrogen-bond acceptors (Lipinski definition) is 4. The van der Waals surface area contributed by atoms with E-state index in [0.717, 1.165) is 35.3 Å². The van der Waals surface area contributed by atoms with Crippen molar-refractivity contribution < 1.29 is 13.2 Å². The van der Waals surface area contributed by atoms with Crippen molar-refractivity contribution in [1.29, 1.82) is 0 Å². The zero-order chi connectivity index (χ0) is 22.3. The van der Waals surface area contributed by atoms with Crippen molar-refractivity contribution in [3.05, 3.63) is 71.4 Å². The maximum absolute atomic E-state index is 13.4. The Morgan fingerprint density at radius 3 is 2.38 bits per heavy atom. The number of benzene rings is 2. The van der Waals surface area contributed by atoms with E-state index in [4.69, 9.17) is 16.7 Å². The molecule has 1 amide bonds. The van der Waals surface area contributed by atoms with Gasteiger partial charge in [0.15, 0.2) is 9.84 Å². The summed E-state index contributed by atoms with van der Waals surface area (Å²) >= 11 is 6.07.